The lowest BCUT2D eigenvalue weighted by atomic mass is 9.99. The molecule has 0 heterocycles. The molecule has 1 aromatic rings. The van der Waals surface area contributed by atoms with Gasteiger partial charge in [-0.2, -0.15) is 0 Å². The van der Waals surface area contributed by atoms with E-state index in [4.69, 9.17) is 10.5 Å². The van der Waals surface area contributed by atoms with Gasteiger partial charge in [-0.05, 0) is 57.1 Å². The summed E-state index contributed by atoms with van der Waals surface area (Å²) in [7, 11) is 0. The van der Waals surface area contributed by atoms with Crippen molar-refractivity contribution in [2.45, 2.75) is 65.8 Å². The smallest absolute Gasteiger partial charge is 0.125 e. The van der Waals surface area contributed by atoms with Crippen molar-refractivity contribution in [3.05, 3.63) is 28.8 Å². The van der Waals surface area contributed by atoms with Gasteiger partial charge < -0.3 is 10.5 Å². The molecule has 0 fully saturated rings. The molecule has 0 radical (unpaired) electrons. The van der Waals surface area contributed by atoms with Gasteiger partial charge in [0.2, 0.25) is 0 Å². The van der Waals surface area contributed by atoms with Crippen molar-refractivity contribution in [3.63, 3.8) is 0 Å². The minimum Gasteiger partial charge on any atom is -0.493 e. The van der Waals surface area contributed by atoms with E-state index in [1.54, 1.807) is 0 Å². The van der Waals surface area contributed by atoms with Gasteiger partial charge in [0.05, 0.1) is 6.61 Å². The third-order valence-electron chi connectivity index (χ3n) is 3.49. The van der Waals surface area contributed by atoms with Crippen LogP contribution in [0.25, 0.3) is 0 Å². The number of hydrogen-bond donors (Lipinski definition) is 1. The number of nitrogens with two attached hydrogens (primary N) is 1. The standard InChI is InChI=1S/C17H29NO/c1-5-10-19-17-14(4)11-13(3)12-15(17)8-7-9-16(18)6-2/h11-12,16H,5-10,18H2,1-4H3. The molecule has 2 N–H and O–H groups in total. The third kappa shape index (κ3) is 5.23. The Morgan fingerprint density at radius 2 is 1.95 bits per heavy atom. The zero-order valence-corrected chi connectivity index (χ0v) is 13.0. The molecule has 0 aliphatic heterocycles. The lowest BCUT2D eigenvalue weighted by Crippen LogP contribution is -2.18. The molecule has 0 spiro atoms. The predicted octanol–water partition coefficient (Wildman–Crippen LogP) is 4.15. The number of benzene rings is 1. The molecule has 0 aromatic heterocycles. The molecule has 0 aliphatic carbocycles. The van der Waals surface area contributed by atoms with Gasteiger partial charge in [0.1, 0.15) is 5.75 Å². The summed E-state index contributed by atoms with van der Waals surface area (Å²) in [5.41, 5.74) is 9.89. The molecule has 0 saturated carbocycles. The average Bonchev–Trinajstić information content (AvgIpc) is 2.37. The zero-order valence-electron chi connectivity index (χ0n) is 13.0. The third-order valence-corrected chi connectivity index (χ3v) is 3.49. The lowest BCUT2D eigenvalue weighted by molar-refractivity contribution is 0.311. The molecule has 0 bridgehead atoms. The monoisotopic (exact) mass is 263 g/mol. The lowest BCUT2D eigenvalue weighted by Gasteiger charge is -2.16. The SMILES string of the molecule is CCCOc1c(C)cc(C)cc1CCCC(N)CC. The maximum Gasteiger partial charge on any atom is 0.125 e. The van der Waals surface area contributed by atoms with E-state index in [2.05, 4.69) is 39.8 Å². The van der Waals surface area contributed by atoms with Gasteiger partial charge >= 0.3 is 0 Å². The van der Waals surface area contributed by atoms with Crippen LogP contribution in [-0.4, -0.2) is 12.6 Å². The van der Waals surface area contributed by atoms with E-state index in [1.165, 1.54) is 16.7 Å². The van der Waals surface area contributed by atoms with Gasteiger partial charge in [0.15, 0.2) is 0 Å². The average molecular weight is 263 g/mol. The summed E-state index contributed by atoms with van der Waals surface area (Å²) in [6.45, 7) is 9.38. The van der Waals surface area contributed by atoms with Crippen LogP contribution in [0.5, 0.6) is 5.75 Å². The van der Waals surface area contributed by atoms with Crippen LogP contribution in [0.15, 0.2) is 12.1 Å². The van der Waals surface area contributed by atoms with Crippen molar-refractivity contribution in [2.24, 2.45) is 5.73 Å². The van der Waals surface area contributed by atoms with Crippen molar-refractivity contribution in [1.82, 2.24) is 0 Å². The van der Waals surface area contributed by atoms with Crippen molar-refractivity contribution in [2.75, 3.05) is 6.61 Å². The molecule has 19 heavy (non-hydrogen) atoms. The quantitative estimate of drug-likeness (QED) is 0.764. The Bertz CT molecular complexity index is 387. The Kier molecular flexibility index (Phi) is 6.93. The first kappa shape index (κ1) is 16.0. The first-order valence-corrected chi connectivity index (χ1v) is 7.57. The summed E-state index contributed by atoms with van der Waals surface area (Å²) < 4.78 is 5.92. The first-order chi connectivity index (χ1) is 9.08. The number of aryl methyl sites for hydroxylation is 3. The first-order valence-electron chi connectivity index (χ1n) is 7.57. The minimum atomic E-state index is 0.339. The van der Waals surface area contributed by atoms with Crippen molar-refractivity contribution >= 4 is 0 Å². The van der Waals surface area contributed by atoms with Crippen LogP contribution in [0, 0.1) is 13.8 Å². The van der Waals surface area contributed by atoms with Gasteiger partial charge in [0.25, 0.3) is 0 Å². The molecule has 2 nitrogen and oxygen atoms in total. The van der Waals surface area contributed by atoms with E-state index in [0.717, 1.165) is 44.5 Å². The summed E-state index contributed by atoms with van der Waals surface area (Å²) in [4.78, 5) is 0. The van der Waals surface area contributed by atoms with Gasteiger partial charge in [-0.25, -0.2) is 0 Å². The van der Waals surface area contributed by atoms with Crippen LogP contribution in [0.1, 0.15) is 56.2 Å². The number of ether oxygens (including phenoxy) is 1. The molecule has 1 atom stereocenters. The molecular formula is C17H29NO. The highest BCUT2D eigenvalue weighted by molar-refractivity contribution is 5.44. The topological polar surface area (TPSA) is 35.2 Å². The Morgan fingerprint density at radius 1 is 1.21 bits per heavy atom. The highest BCUT2D eigenvalue weighted by Gasteiger charge is 2.09. The summed E-state index contributed by atoms with van der Waals surface area (Å²) in [5, 5.41) is 0. The minimum absolute atomic E-state index is 0.339. The molecule has 1 aromatic carbocycles. The molecular weight excluding hydrogens is 234 g/mol. The fraction of sp³-hybridized carbons (Fsp3) is 0.647. The van der Waals surface area contributed by atoms with Gasteiger partial charge in [-0.3, -0.25) is 0 Å². The second-order valence-electron chi connectivity index (χ2n) is 5.48. The highest BCUT2D eigenvalue weighted by atomic mass is 16.5. The van der Waals surface area contributed by atoms with Crippen molar-refractivity contribution in [3.8, 4) is 5.75 Å². The van der Waals surface area contributed by atoms with Gasteiger partial charge in [-0.1, -0.05) is 31.5 Å². The molecule has 108 valence electrons. The fourth-order valence-corrected chi connectivity index (χ4v) is 2.40. The van der Waals surface area contributed by atoms with Crippen LogP contribution >= 0.6 is 0 Å². The largest absolute Gasteiger partial charge is 0.493 e. The van der Waals surface area contributed by atoms with Crippen molar-refractivity contribution < 1.29 is 4.74 Å². The molecule has 0 saturated heterocycles. The summed E-state index contributed by atoms with van der Waals surface area (Å²) in [5.74, 6) is 1.09. The fourth-order valence-electron chi connectivity index (χ4n) is 2.40. The summed E-state index contributed by atoms with van der Waals surface area (Å²) in [6, 6.07) is 4.80. The highest BCUT2D eigenvalue weighted by Crippen LogP contribution is 2.27. The van der Waals surface area contributed by atoms with Gasteiger partial charge in [-0.15, -0.1) is 0 Å². The maximum atomic E-state index is 5.98. The van der Waals surface area contributed by atoms with Crippen LogP contribution in [0.2, 0.25) is 0 Å². The number of hydrogen-bond acceptors (Lipinski definition) is 2. The Labute approximate surface area is 118 Å². The normalized spacial score (nSPS) is 12.5. The van der Waals surface area contributed by atoms with Gasteiger partial charge in [0, 0.05) is 6.04 Å². The van der Waals surface area contributed by atoms with E-state index in [0.29, 0.717) is 6.04 Å². The van der Waals surface area contributed by atoms with E-state index in [1.807, 2.05) is 0 Å². The molecule has 1 rings (SSSR count). The van der Waals surface area contributed by atoms with Crippen molar-refractivity contribution in [1.29, 1.82) is 0 Å². The molecule has 2 heteroatoms. The maximum absolute atomic E-state index is 5.98. The number of rotatable bonds is 8. The predicted molar refractivity (Wildman–Crippen MR) is 82.9 cm³/mol. The van der Waals surface area contributed by atoms with Crippen LogP contribution in [0.3, 0.4) is 0 Å². The Balaban J connectivity index is 2.73. The second-order valence-corrected chi connectivity index (χ2v) is 5.48. The van der Waals surface area contributed by atoms with E-state index >= 15 is 0 Å². The Hall–Kier alpha value is -1.02. The summed E-state index contributed by atoms with van der Waals surface area (Å²) in [6.07, 6.45) is 5.41. The Morgan fingerprint density at radius 3 is 2.58 bits per heavy atom. The second kappa shape index (κ2) is 8.21. The molecule has 1 unspecified atom stereocenters. The zero-order chi connectivity index (χ0) is 14.3. The van der Waals surface area contributed by atoms with E-state index in [9.17, 15) is 0 Å². The van der Waals surface area contributed by atoms with Crippen LogP contribution in [-0.2, 0) is 6.42 Å². The summed E-state index contributed by atoms with van der Waals surface area (Å²) >= 11 is 0. The van der Waals surface area contributed by atoms with E-state index < -0.39 is 0 Å². The van der Waals surface area contributed by atoms with E-state index in [-0.39, 0.29) is 0 Å². The van der Waals surface area contributed by atoms with Crippen LogP contribution < -0.4 is 10.5 Å². The molecule has 0 aliphatic rings. The van der Waals surface area contributed by atoms with Crippen LogP contribution in [0.4, 0.5) is 0 Å². The molecule has 0 amide bonds.